The van der Waals surface area contributed by atoms with Crippen molar-refractivity contribution in [2.45, 2.75) is 19.1 Å². The van der Waals surface area contributed by atoms with Crippen LogP contribution in [-0.2, 0) is 0 Å². The molecule has 6 heteroatoms. The Morgan fingerprint density at radius 3 is 2.41 bits per heavy atom. The summed E-state index contributed by atoms with van der Waals surface area (Å²) < 4.78 is 16.5. The van der Waals surface area contributed by atoms with E-state index in [9.17, 15) is 5.11 Å². The van der Waals surface area contributed by atoms with Gasteiger partial charge in [0.05, 0.1) is 26.4 Å². The largest absolute Gasteiger partial charge is 0.504 e. The molecule has 32 heavy (non-hydrogen) atoms. The molecular formula is C26H29N2O4+. The number of para-hydroxylation sites is 1. The van der Waals surface area contributed by atoms with Gasteiger partial charge < -0.3 is 30.0 Å². The molecule has 0 fully saturated rings. The third kappa shape index (κ3) is 4.50. The summed E-state index contributed by atoms with van der Waals surface area (Å²) in [6.07, 6.45) is 2.03. The number of rotatable bonds is 7. The quantitative estimate of drug-likeness (QED) is 0.529. The highest BCUT2D eigenvalue weighted by Crippen LogP contribution is 2.35. The lowest BCUT2D eigenvalue weighted by molar-refractivity contribution is -0.731. The summed E-state index contributed by atoms with van der Waals surface area (Å²) in [5.74, 6) is 2.25. The molecule has 2 atom stereocenters. The minimum absolute atomic E-state index is 0.0866. The predicted octanol–water partition coefficient (Wildman–Crippen LogP) is 3.76. The number of hydrogen-bond acceptors (Lipinski definition) is 5. The molecular weight excluding hydrogens is 404 g/mol. The van der Waals surface area contributed by atoms with Crippen molar-refractivity contribution in [3.8, 4) is 23.0 Å². The number of quaternary nitrogens is 1. The molecule has 0 aliphatic carbocycles. The van der Waals surface area contributed by atoms with Crippen LogP contribution in [0, 0.1) is 0 Å². The Morgan fingerprint density at radius 1 is 0.938 bits per heavy atom. The Kier molecular flexibility index (Phi) is 6.52. The topological polar surface area (TPSA) is 76.6 Å². The van der Waals surface area contributed by atoms with Crippen LogP contribution in [0.5, 0.6) is 23.0 Å². The van der Waals surface area contributed by atoms with Crippen LogP contribution in [0.25, 0.3) is 5.70 Å². The molecule has 4 N–H and O–H groups in total. The van der Waals surface area contributed by atoms with Gasteiger partial charge in [0.25, 0.3) is 0 Å². The number of methoxy groups -OCH3 is 2. The van der Waals surface area contributed by atoms with E-state index in [0.29, 0.717) is 12.4 Å². The molecule has 4 rings (SSSR count). The number of ether oxygens (including phenoxy) is 3. The number of nitrogens with one attached hydrogen (secondary N) is 1. The normalized spacial score (nSPS) is 17.8. The van der Waals surface area contributed by atoms with Gasteiger partial charge in [0.1, 0.15) is 17.5 Å². The van der Waals surface area contributed by atoms with Crippen LogP contribution in [0.15, 0.2) is 72.8 Å². The average Bonchev–Trinajstić information content (AvgIpc) is 2.85. The van der Waals surface area contributed by atoms with Gasteiger partial charge in [-0.3, -0.25) is 0 Å². The number of phenols is 1. The molecule has 0 saturated heterocycles. The van der Waals surface area contributed by atoms with Crippen molar-refractivity contribution >= 4 is 5.70 Å². The predicted molar refractivity (Wildman–Crippen MR) is 124 cm³/mol. The monoisotopic (exact) mass is 433 g/mol. The van der Waals surface area contributed by atoms with E-state index in [-0.39, 0.29) is 18.0 Å². The summed E-state index contributed by atoms with van der Waals surface area (Å²) in [6, 6.07) is 21.4. The fourth-order valence-electron chi connectivity index (χ4n) is 3.98. The molecule has 166 valence electrons. The lowest BCUT2D eigenvalue weighted by Gasteiger charge is -2.30. The van der Waals surface area contributed by atoms with Crippen LogP contribution < -0.4 is 24.8 Å². The fourth-order valence-corrected chi connectivity index (χ4v) is 3.98. The summed E-state index contributed by atoms with van der Waals surface area (Å²) in [5, 5.41) is 16.7. The highest BCUT2D eigenvalue weighted by Gasteiger charge is 2.30. The van der Waals surface area contributed by atoms with Gasteiger partial charge in [0, 0.05) is 22.9 Å². The molecule has 3 aromatic rings. The Hall–Kier alpha value is -3.64. The van der Waals surface area contributed by atoms with E-state index in [1.54, 1.807) is 20.3 Å². The minimum atomic E-state index is -0.131. The van der Waals surface area contributed by atoms with Crippen molar-refractivity contribution in [2.24, 2.45) is 0 Å². The van der Waals surface area contributed by atoms with Gasteiger partial charge >= 0.3 is 0 Å². The maximum absolute atomic E-state index is 10.9. The molecule has 1 heterocycles. The second kappa shape index (κ2) is 9.66. The first-order chi connectivity index (χ1) is 15.6. The third-order valence-electron chi connectivity index (χ3n) is 5.58. The van der Waals surface area contributed by atoms with Crippen LogP contribution in [0.2, 0.25) is 0 Å². The summed E-state index contributed by atoms with van der Waals surface area (Å²) in [6.45, 7) is 2.40. The average molecular weight is 434 g/mol. The van der Waals surface area contributed by atoms with Crippen molar-refractivity contribution in [1.82, 2.24) is 5.32 Å². The van der Waals surface area contributed by atoms with Crippen LogP contribution in [0.4, 0.5) is 0 Å². The highest BCUT2D eigenvalue weighted by molar-refractivity contribution is 5.67. The summed E-state index contributed by atoms with van der Waals surface area (Å²) in [4.78, 5) is 0. The highest BCUT2D eigenvalue weighted by atomic mass is 16.5. The number of benzene rings is 3. The van der Waals surface area contributed by atoms with Gasteiger partial charge in [-0.05, 0) is 43.3 Å². The Labute approximate surface area is 188 Å². The Morgan fingerprint density at radius 2 is 1.66 bits per heavy atom. The zero-order valence-corrected chi connectivity index (χ0v) is 18.5. The van der Waals surface area contributed by atoms with E-state index in [1.165, 1.54) is 0 Å². The van der Waals surface area contributed by atoms with Crippen LogP contribution >= 0.6 is 0 Å². The van der Waals surface area contributed by atoms with Crippen LogP contribution in [0.3, 0.4) is 0 Å². The van der Waals surface area contributed by atoms with Crippen molar-refractivity contribution in [3.05, 3.63) is 89.5 Å². The zero-order valence-electron chi connectivity index (χ0n) is 18.5. The smallest absolute Gasteiger partial charge is 0.186 e. The minimum Gasteiger partial charge on any atom is -0.504 e. The van der Waals surface area contributed by atoms with Crippen molar-refractivity contribution in [1.29, 1.82) is 0 Å². The molecule has 0 radical (unpaired) electrons. The lowest BCUT2D eigenvalue weighted by atomic mass is 9.97. The lowest BCUT2D eigenvalue weighted by Crippen LogP contribution is -2.89. The van der Waals surface area contributed by atoms with Crippen molar-refractivity contribution in [3.63, 3.8) is 0 Å². The van der Waals surface area contributed by atoms with Gasteiger partial charge in [0.15, 0.2) is 17.7 Å². The van der Waals surface area contributed by atoms with Gasteiger partial charge in [-0.25, -0.2) is 0 Å². The van der Waals surface area contributed by atoms with Crippen molar-refractivity contribution in [2.75, 3.05) is 20.8 Å². The number of aromatic hydroxyl groups is 1. The number of phenolic OH excluding ortho intramolecular Hbond substituents is 1. The molecule has 0 aromatic heterocycles. The molecule has 2 unspecified atom stereocenters. The summed E-state index contributed by atoms with van der Waals surface area (Å²) in [5.41, 5.74) is 3.84. The fraction of sp³-hybridized carbons (Fsp3) is 0.231. The van der Waals surface area contributed by atoms with E-state index >= 15 is 0 Å². The maximum Gasteiger partial charge on any atom is 0.186 e. The second-order valence-electron chi connectivity index (χ2n) is 7.56. The van der Waals surface area contributed by atoms with Crippen LogP contribution in [-0.4, -0.2) is 25.9 Å². The first-order valence-corrected chi connectivity index (χ1v) is 10.7. The molecule has 3 aromatic carbocycles. The van der Waals surface area contributed by atoms with E-state index < -0.39 is 0 Å². The van der Waals surface area contributed by atoms with Gasteiger partial charge in [-0.15, -0.1) is 0 Å². The first-order valence-electron chi connectivity index (χ1n) is 10.7. The van der Waals surface area contributed by atoms with E-state index in [1.807, 2.05) is 61.5 Å². The maximum atomic E-state index is 10.9. The Balaban J connectivity index is 1.78. The third-order valence-corrected chi connectivity index (χ3v) is 5.58. The van der Waals surface area contributed by atoms with Crippen molar-refractivity contribution < 1.29 is 24.6 Å². The zero-order chi connectivity index (χ0) is 22.5. The van der Waals surface area contributed by atoms with Gasteiger partial charge in [0.2, 0.25) is 0 Å². The molecule has 0 bridgehead atoms. The van der Waals surface area contributed by atoms with Crippen LogP contribution in [0.1, 0.15) is 35.8 Å². The first kappa shape index (κ1) is 21.6. The van der Waals surface area contributed by atoms with E-state index in [0.717, 1.165) is 33.9 Å². The SMILES string of the molecule is CCOc1cccc(C2C=C(c3cccc(OC)c3)NC(c3cccc(OC)c3)[NH2+]2)c1O. The standard InChI is InChI=1S/C26H28N2O4/c1-4-32-24-13-7-12-21(25(24)29)23-16-22(17-8-5-10-19(14-17)30-2)27-26(28-23)18-9-6-11-20(15-18)31-3/h5-16,23,26-29H,4H2,1-3H3/p+1. The van der Waals surface area contributed by atoms with Gasteiger partial charge in [-0.2, -0.15) is 0 Å². The second-order valence-corrected chi connectivity index (χ2v) is 7.56. The molecule has 0 amide bonds. The molecule has 0 saturated carbocycles. The Bertz CT molecular complexity index is 1110. The van der Waals surface area contributed by atoms with E-state index in [4.69, 9.17) is 14.2 Å². The number of hydrogen-bond donors (Lipinski definition) is 3. The number of nitrogens with two attached hydrogens (primary N) is 1. The summed E-state index contributed by atoms with van der Waals surface area (Å²) >= 11 is 0. The molecule has 1 aliphatic heterocycles. The molecule has 1 aliphatic rings. The molecule has 6 nitrogen and oxygen atoms in total. The van der Waals surface area contributed by atoms with Gasteiger partial charge in [-0.1, -0.05) is 30.3 Å². The summed E-state index contributed by atoms with van der Waals surface area (Å²) in [7, 11) is 3.33. The van der Waals surface area contributed by atoms with E-state index in [2.05, 4.69) is 22.8 Å². The molecule has 0 spiro atoms.